The van der Waals surface area contributed by atoms with Crippen LogP contribution in [0.5, 0.6) is 0 Å². The van der Waals surface area contributed by atoms with Gasteiger partial charge in [-0.15, -0.1) is 0 Å². The molecular weight excluding hydrogens is 292 g/mol. The zero-order chi connectivity index (χ0) is 17.0. The first-order valence-electron chi connectivity index (χ1n) is 9.64. The Labute approximate surface area is 142 Å². The van der Waals surface area contributed by atoms with Crippen molar-refractivity contribution in [3.8, 4) is 0 Å². The highest BCUT2D eigenvalue weighted by molar-refractivity contribution is 5.66. The molecule has 0 spiro atoms. The minimum absolute atomic E-state index is 0.0682. The fourth-order valence-corrected chi connectivity index (χ4v) is 2.53. The van der Waals surface area contributed by atoms with Gasteiger partial charge in [-0.1, -0.05) is 77.6 Å². The van der Waals surface area contributed by atoms with Gasteiger partial charge in [0.2, 0.25) is 0 Å². The quantitative estimate of drug-likeness (QED) is 0.331. The summed E-state index contributed by atoms with van der Waals surface area (Å²) < 4.78 is 10.6. The van der Waals surface area contributed by atoms with Crippen molar-refractivity contribution in [1.82, 2.24) is 0 Å². The van der Waals surface area contributed by atoms with Gasteiger partial charge in [0.05, 0.1) is 26.2 Å². The maximum atomic E-state index is 10.3. The van der Waals surface area contributed by atoms with Gasteiger partial charge in [-0.25, -0.2) is 0 Å². The molecule has 0 aliphatic rings. The van der Waals surface area contributed by atoms with Crippen molar-refractivity contribution in [2.45, 2.75) is 90.4 Å². The molecule has 0 aliphatic heterocycles. The van der Waals surface area contributed by atoms with E-state index in [1.807, 2.05) is 0 Å². The second-order valence-electron chi connectivity index (χ2n) is 6.26. The molecular formula is C19H38O4. The van der Waals surface area contributed by atoms with Crippen molar-refractivity contribution in [1.29, 1.82) is 0 Å². The van der Waals surface area contributed by atoms with Crippen molar-refractivity contribution in [2.75, 3.05) is 26.4 Å². The zero-order valence-electron chi connectivity index (χ0n) is 15.2. The molecule has 4 nitrogen and oxygen atoms in total. The normalized spacial score (nSPS) is 11.0. The second kappa shape index (κ2) is 19.4. The summed E-state index contributed by atoms with van der Waals surface area (Å²) in [6.45, 7) is 4.39. The van der Waals surface area contributed by atoms with Crippen LogP contribution in [0.1, 0.15) is 90.4 Å². The van der Waals surface area contributed by atoms with E-state index < -0.39 is 5.97 Å². The predicted octanol–water partition coefficient (Wildman–Crippen LogP) is 5.20. The summed E-state index contributed by atoms with van der Waals surface area (Å²) in [5.41, 5.74) is 0. The lowest BCUT2D eigenvalue weighted by Gasteiger charge is -2.05. The van der Waals surface area contributed by atoms with Crippen LogP contribution in [0.25, 0.3) is 0 Å². The highest BCUT2D eigenvalue weighted by atomic mass is 16.5. The van der Waals surface area contributed by atoms with Gasteiger partial charge < -0.3 is 14.6 Å². The Morgan fingerprint density at radius 1 is 0.652 bits per heavy atom. The standard InChI is InChI=1S/C19H38O4/c1-2-3-4-5-6-7-8-9-10-11-12-13-15-22-17-18-23-16-14-19(20)21/h2-18H2,1H3,(H,20,21). The van der Waals surface area contributed by atoms with Gasteiger partial charge in [0.25, 0.3) is 0 Å². The third kappa shape index (κ3) is 21.4. The number of hydrogen-bond acceptors (Lipinski definition) is 3. The Morgan fingerprint density at radius 2 is 1.09 bits per heavy atom. The smallest absolute Gasteiger partial charge is 0.305 e. The first-order chi connectivity index (χ1) is 11.3. The van der Waals surface area contributed by atoms with Gasteiger partial charge in [0.15, 0.2) is 0 Å². The molecule has 0 amide bonds. The molecule has 0 aromatic heterocycles. The fraction of sp³-hybridized carbons (Fsp3) is 0.947. The maximum Gasteiger partial charge on any atom is 0.305 e. The third-order valence-corrected chi connectivity index (χ3v) is 3.97. The van der Waals surface area contributed by atoms with Crippen molar-refractivity contribution in [3.05, 3.63) is 0 Å². The molecule has 0 saturated heterocycles. The first-order valence-corrected chi connectivity index (χ1v) is 9.64. The Morgan fingerprint density at radius 3 is 1.57 bits per heavy atom. The van der Waals surface area contributed by atoms with Crippen molar-refractivity contribution < 1.29 is 19.4 Å². The molecule has 0 rings (SSSR count). The summed E-state index contributed by atoms with van der Waals surface area (Å²) in [5.74, 6) is -0.817. The van der Waals surface area contributed by atoms with Crippen molar-refractivity contribution in [3.63, 3.8) is 0 Å². The Hall–Kier alpha value is -0.610. The molecule has 0 saturated carbocycles. The topological polar surface area (TPSA) is 55.8 Å². The van der Waals surface area contributed by atoms with Gasteiger partial charge in [0.1, 0.15) is 0 Å². The van der Waals surface area contributed by atoms with Crippen LogP contribution in [0.15, 0.2) is 0 Å². The number of aliphatic carboxylic acids is 1. The van der Waals surface area contributed by atoms with E-state index in [4.69, 9.17) is 14.6 Å². The molecule has 0 aliphatic carbocycles. The van der Waals surface area contributed by atoms with Crippen molar-refractivity contribution >= 4 is 5.97 Å². The number of ether oxygens (including phenoxy) is 2. The average molecular weight is 331 g/mol. The van der Waals surface area contributed by atoms with Gasteiger partial charge in [-0.3, -0.25) is 4.79 Å². The lowest BCUT2D eigenvalue weighted by molar-refractivity contribution is -0.138. The molecule has 0 radical (unpaired) electrons. The Bertz CT molecular complexity index is 244. The number of rotatable bonds is 19. The first kappa shape index (κ1) is 22.4. The van der Waals surface area contributed by atoms with Crippen LogP contribution in [-0.2, 0) is 14.3 Å². The molecule has 0 aromatic carbocycles. The van der Waals surface area contributed by atoms with E-state index in [-0.39, 0.29) is 13.0 Å². The molecule has 0 atom stereocenters. The molecule has 23 heavy (non-hydrogen) atoms. The fourth-order valence-electron chi connectivity index (χ4n) is 2.53. The van der Waals surface area contributed by atoms with Crippen molar-refractivity contribution in [2.24, 2.45) is 0 Å². The second-order valence-corrected chi connectivity index (χ2v) is 6.26. The predicted molar refractivity (Wildman–Crippen MR) is 95.0 cm³/mol. The number of hydrogen-bond donors (Lipinski definition) is 1. The molecule has 138 valence electrons. The monoisotopic (exact) mass is 330 g/mol. The summed E-state index contributed by atoms with van der Waals surface area (Å²) in [4.78, 5) is 10.3. The van der Waals surface area contributed by atoms with Crippen LogP contribution < -0.4 is 0 Å². The van der Waals surface area contributed by atoms with Crippen LogP contribution in [0.3, 0.4) is 0 Å². The molecule has 0 bridgehead atoms. The van der Waals surface area contributed by atoms with Crippen LogP contribution in [0, 0.1) is 0 Å². The van der Waals surface area contributed by atoms with Gasteiger partial charge in [-0.05, 0) is 6.42 Å². The SMILES string of the molecule is CCCCCCCCCCCCCCOCCOCCC(=O)O. The summed E-state index contributed by atoms with van der Waals surface area (Å²) in [7, 11) is 0. The third-order valence-electron chi connectivity index (χ3n) is 3.97. The largest absolute Gasteiger partial charge is 0.481 e. The van der Waals surface area contributed by atoms with E-state index in [2.05, 4.69) is 6.92 Å². The summed E-state index contributed by atoms with van der Waals surface area (Å²) in [5, 5.41) is 8.44. The van der Waals surface area contributed by atoms with Crippen LogP contribution >= 0.6 is 0 Å². The van der Waals surface area contributed by atoms with Gasteiger partial charge >= 0.3 is 5.97 Å². The van der Waals surface area contributed by atoms with Crippen LogP contribution in [0.4, 0.5) is 0 Å². The van der Waals surface area contributed by atoms with E-state index in [0.29, 0.717) is 13.2 Å². The van der Waals surface area contributed by atoms with Gasteiger partial charge in [0, 0.05) is 6.61 Å². The van der Waals surface area contributed by atoms with E-state index in [0.717, 1.165) is 13.0 Å². The summed E-state index contributed by atoms with van der Waals surface area (Å²) in [6.07, 6.45) is 16.3. The van der Waals surface area contributed by atoms with Crippen LogP contribution in [0.2, 0.25) is 0 Å². The minimum atomic E-state index is -0.817. The molecule has 0 aromatic rings. The highest BCUT2D eigenvalue weighted by Gasteiger charge is 1.96. The molecule has 0 unspecified atom stereocenters. The van der Waals surface area contributed by atoms with Crippen LogP contribution in [-0.4, -0.2) is 37.5 Å². The zero-order valence-corrected chi connectivity index (χ0v) is 15.2. The number of carboxylic acid groups (broad SMARTS) is 1. The average Bonchev–Trinajstić information content (AvgIpc) is 2.53. The molecule has 1 N–H and O–H groups in total. The lowest BCUT2D eigenvalue weighted by Crippen LogP contribution is -2.08. The summed E-state index contributed by atoms with van der Waals surface area (Å²) in [6, 6.07) is 0. The lowest BCUT2D eigenvalue weighted by atomic mass is 10.1. The Balaban J connectivity index is 2.96. The molecule has 4 heteroatoms. The van der Waals surface area contributed by atoms with E-state index in [9.17, 15) is 4.79 Å². The molecule has 0 heterocycles. The Kier molecular flexibility index (Phi) is 18.9. The molecule has 0 fully saturated rings. The number of carboxylic acids is 1. The summed E-state index contributed by atoms with van der Waals surface area (Å²) >= 11 is 0. The van der Waals surface area contributed by atoms with E-state index in [1.54, 1.807) is 0 Å². The minimum Gasteiger partial charge on any atom is -0.481 e. The van der Waals surface area contributed by atoms with E-state index in [1.165, 1.54) is 70.6 Å². The highest BCUT2D eigenvalue weighted by Crippen LogP contribution is 2.11. The number of carbonyl (C=O) groups is 1. The van der Waals surface area contributed by atoms with E-state index >= 15 is 0 Å². The van der Waals surface area contributed by atoms with Gasteiger partial charge in [-0.2, -0.15) is 0 Å². The number of unbranched alkanes of at least 4 members (excludes halogenated alkanes) is 11. The maximum absolute atomic E-state index is 10.3.